The van der Waals surface area contributed by atoms with Gasteiger partial charge in [-0.05, 0) is 70.6 Å². The second-order valence-corrected chi connectivity index (χ2v) is 6.94. The number of carbonyl (C=O) groups excluding carboxylic acids is 2. The SMILES string of the molecule is O=C(NCc1ccco1)/C(=C/c1ccccc1)NC(=O)c1ccc(I)cc1. The van der Waals surface area contributed by atoms with E-state index in [9.17, 15) is 9.59 Å². The van der Waals surface area contributed by atoms with Crippen LogP contribution in [0.1, 0.15) is 21.7 Å². The van der Waals surface area contributed by atoms with Crippen molar-refractivity contribution < 1.29 is 14.0 Å². The minimum absolute atomic E-state index is 0.163. The average Bonchev–Trinajstić information content (AvgIpc) is 3.20. The fourth-order valence-electron chi connectivity index (χ4n) is 2.35. The van der Waals surface area contributed by atoms with Crippen LogP contribution in [0.3, 0.4) is 0 Å². The highest BCUT2D eigenvalue weighted by atomic mass is 127. The first-order chi connectivity index (χ1) is 13.1. The molecule has 0 saturated carbocycles. The summed E-state index contributed by atoms with van der Waals surface area (Å²) >= 11 is 2.17. The second kappa shape index (κ2) is 9.18. The van der Waals surface area contributed by atoms with Gasteiger partial charge in [-0.25, -0.2) is 0 Å². The number of halogens is 1. The Labute approximate surface area is 170 Å². The van der Waals surface area contributed by atoms with E-state index < -0.39 is 5.91 Å². The molecule has 1 aromatic heterocycles. The van der Waals surface area contributed by atoms with E-state index in [1.807, 2.05) is 42.5 Å². The number of amides is 2. The number of rotatable bonds is 6. The molecule has 2 N–H and O–H groups in total. The third kappa shape index (κ3) is 5.55. The molecule has 0 bridgehead atoms. The summed E-state index contributed by atoms with van der Waals surface area (Å²) in [6.45, 7) is 0.233. The van der Waals surface area contributed by atoms with E-state index in [-0.39, 0.29) is 18.1 Å². The Hall–Kier alpha value is -2.87. The molecule has 1 heterocycles. The Morgan fingerprint density at radius 1 is 0.963 bits per heavy atom. The first kappa shape index (κ1) is 18.9. The number of nitrogens with one attached hydrogen (secondary N) is 2. The number of hydrogen-bond acceptors (Lipinski definition) is 3. The van der Waals surface area contributed by atoms with Crippen LogP contribution in [-0.4, -0.2) is 11.8 Å². The van der Waals surface area contributed by atoms with Gasteiger partial charge in [0.05, 0.1) is 12.8 Å². The van der Waals surface area contributed by atoms with E-state index in [0.717, 1.165) is 9.13 Å². The van der Waals surface area contributed by atoms with Crippen molar-refractivity contribution in [1.82, 2.24) is 10.6 Å². The van der Waals surface area contributed by atoms with Gasteiger partial charge in [-0.2, -0.15) is 0 Å². The van der Waals surface area contributed by atoms with E-state index in [0.29, 0.717) is 11.3 Å². The van der Waals surface area contributed by atoms with Crippen LogP contribution in [-0.2, 0) is 11.3 Å². The van der Waals surface area contributed by atoms with Gasteiger partial charge in [0.1, 0.15) is 11.5 Å². The molecule has 5 nitrogen and oxygen atoms in total. The predicted octanol–water partition coefficient (Wildman–Crippen LogP) is 3.97. The van der Waals surface area contributed by atoms with Gasteiger partial charge in [0.2, 0.25) is 0 Å². The molecule has 27 heavy (non-hydrogen) atoms. The summed E-state index contributed by atoms with van der Waals surface area (Å²) in [6, 6.07) is 20.0. The molecule has 0 aliphatic carbocycles. The fourth-order valence-corrected chi connectivity index (χ4v) is 2.71. The minimum Gasteiger partial charge on any atom is -0.467 e. The van der Waals surface area contributed by atoms with Crippen LogP contribution in [0.15, 0.2) is 83.1 Å². The zero-order chi connectivity index (χ0) is 19.1. The molecule has 0 fully saturated rings. The van der Waals surface area contributed by atoms with E-state index in [2.05, 4.69) is 33.2 Å². The summed E-state index contributed by atoms with van der Waals surface area (Å²) in [5.74, 6) is -0.109. The topological polar surface area (TPSA) is 71.3 Å². The normalized spacial score (nSPS) is 11.1. The maximum Gasteiger partial charge on any atom is 0.268 e. The molecule has 0 aliphatic rings. The molecule has 3 aromatic rings. The Morgan fingerprint density at radius 2 is 1.70 bits per heavy atom. The standard InChI is InChI=1S/C21H17IN2O3/c22-17-10-8-16(9-11-17)20(25)24-19(13-15-5-2-1-3-6-15)21(26)23-14-18-7-4-12-27-18/h1-13H,14H2,(H,23,26)(H,24,25)/b19-13-. The zero-order valence-electron chi connectivity index (χ0n) is 14.3. The predicted molar refractivity (Wildman–Crippen MR) is 112 cm³/mol. The molecule has 0 spiro atoms. The Kier molecular flexibility index (Phi) is 6.43. The molecule has 2 amide bonds. The van der Waals surface area contributed by atoms with E-state index in [1.54, 1.807) is 36.6 Å². The highest BCUT2D eigenvalue weighted by Gasteiger charge is 2.15. The van der Waals surface area contributed by atoms with Crippen molar-refractivity contribution in [2.75, 3.05) is 0 Å². The zero-order valence-corrected chi connectivity index (χ0v) is 16.5. The monoisotopic (exact) mass is 472 g/mol. The van der Waals surface area contributed by atoms with Crippen LogP contribution in [0.2, 0.25) is 0 Å². The lowest BCUT2D eigenvalue weighted by Crippen LogP contribution is -2.34. The van der Waals surface area contributed by atoms with Crippen LogP contribution in [0, 0.1) is 3.57 Å². The highest BCUT2D eigenvalue weighted by Crippen LogP contribution is 2.10. The second-order valence-electron chi connectivity index (χ2n) is 5.69. The summed E-state index contributed by atoms with van der Waals surface area (Å²) in [7, 11) is 0. The maximum absolute atomic E-state index is 12.6. The first-order valence-electron chi connectivity index (χ1n) is 8.26. The van der Waals surface area contributed by atoms with Gasteiger partial charge in [-0.1, -0.05) is 30.3 Å². The summed E-state index contributed by atoms with van der Waals surface area (Å²) in [5.41, 5.74) is 1.45. The highest BCUT2D eigenvalue weighted by molar-refractivity contribution is 14.1. The van der Waals surface area contributed by atoms with Crippen LogP contribution in [0.4, 0.5) is 0 Å². The lowest BCUT2D eigenvalue weighted by Gasteiger charge is -2.11. The molecule has 0 saturated heterocycles. The van der Waals surface area contributed by atoms with Crippen LogP contribution in [0.25, 0.3) is 6.08 Å². The van der Waals surface area contributed by atoms with Gasteiger partial charge < -0.3 is 15.1 Å². The molecule has 2 aromatic carbocycles. The number of benzene rings is 2. The van der Waals surface area contributed by atoms with Crippen molar-refractivity contribution in [3.63, 3.8) is 0 Å². The van der Waals surface area contributed by atoms with E-state index in [1.165, 1.54) is 0 Å². The third-order valence-electron chi connectivity index (χ3n) is 3.71. The largest absolute Gasteiger partial charge is 0.467 e. The Balaban J connectivity index is 1.78. The molecule has 0 atom stereocenters. The lowest BCUT2D eigenvalue weighted by molar-refractivity contribution is -0.118. The van der Waals surface area contributed by atoms with Crippen molar-refractivity contribution in [1.29, 1.82) is 0 Å². The molecular weight excluding hydrogens is 455 g/mol. The maximum atomic E-state index is 12.6. The average molecular weight is 472 g/mol. The summed E-state index contributed by atoms with van der Waals surface area (Å²) in [4.78, 5) is 25.2. The minimum atomic E-state index is -0.394. The number of carbonyl (C=O) groups is 2. The van der Waals surface area contributed by atoms with Gasteiger partial charge in [-0.3, -0.25) is 9.59 Å². The smallest absolute Gasteiger partial charge is 0.268 e. The number of furan rings is 1. The van der Waals surface area contributed by atoms with E-state index >= 15 is 0 Å². The molecule has 3 rings (SSSR count). The first-order valence-corrected chi connectivity index (χ1v) is 9.34. The van der Waals surface area contributed by atoms with Gasteiger partial charge >= 0.3 is 0 Å². The van der Waals surface area contributed by atoms with Gasteiger partial charge in [0, 0.05) is 9.13 Å². The van der Waals surface area contributed by atoms with Crippen molar-refractivity contribution >= 4 is 40.5 Å². The summed E-state index contributed by atoms with van der Waals surface area (Å²) in [6.07, 6.45) is 3.18. The molecule has 0 aliphatic heterocycles. The number of hydrogen-bond donors (Lipinski definition) is 2. The van der Waals surface area contributed by atoms with Crippen LogP contribution < -0.4 is 10.6 Å². The van der Waals surface area contributed by atoms with Crippen molar-refractivity contribution in [2.45, 2.75) is 6.54 Å². The molecule has 6 heteroatoms. The van der Waals surface area contributed by atoms with Crippen LogP contribution >= 0.6 is 22.6 Å². The van der Waals surface area contributed by atoms with E-state index in [4.69, 9.17) is 4.42 Å². The van der Waals surface area contributed by atoms with Crippen LogP contribution in [0.5, 0.6) is 0 Å². The van der Waals surface area contributed by atoms with Gasteiger partial charge in [0.15, 0.2) is 0 Å². The quantitative estimate of drug-likeness (QED) is 0.422. The lowest BCUT2D eigenvalue weighted by atomic mass is 10.1. The van der Waals surface area contributed by atoms with Crippen molar-refractivity contribution in [3.05, 3.63) is 99.1 Å². The van der Waals surface area contributed by atoms with Gasteiger partial charge in [0.25, 0.3) is 11.8 Å². The molecule has 0 radical (unpaired) electrons. The Morgan fingerprint density at radius 3 is 2.37 bits per heavy atom. The Bertz CT molecular complexity index is 933. The summed E-state index contributed by atoms with van der Waals surface area (Å²) in [5, 5.41) is 5.46. The summed E-state index contributed by atoms with van der Waals surface area (Å²) < 4.78 is 6.25. The van der Waals surface area contributed by atoms with Gasteiger partial charge in [-0.15, -0.1) is 0 Å². The third-order valence-corrected chi connectivity index (χ3v) is 4.43. The molecular formula is C21H17IN2O3. The fraction of sp³-hybridized carbons (Fsp3) is 0.0476. The van der Waals surface area contributed by atoms with Crippen molar-refractivity contribution in [2.24, 2.45) is 0 Å². The molecule has 136 valence electrons. The molecule has 0 unspecified atom stereocenters. The van der Waals surface area contributed by atoms with Crippen molar-refractivity contribution in [3.8, 4) is 0 Å².